The summed E-state index contributed by atoms with van der Waals surface area (Å²) in [6.07, 6.45) is 0.155. The predicted octanol–water partition coefficient (Wildman–Crippen LogP) is 2.43. The first-order chi connectivity index (χ1) is 10.3. The van der Waals surface area contributed by atoms with Gasteiger partial charge in [0.1, 0.15) is 14.6 Å². The summed E-state index contributed by atoms with van der Waals surface area (Å²) >= 11 is 12.3. The molecule has 0 saturated heterocycles. The van der Waals surface area contributed by atoms with Gasteiger partial charge in [0.05, 0.1) is 5.02 Å². The summed E-state index contributed by atoms with van der Waals surface area (Å²) in [6, 6.07) is 9.14. The van der Waals surface area contributed by atoms with E-state index in [-0.39, 0.29) is 20.0 Å². The molecule has 1 atom stereocenters. The van der Waals surface area contributed by atoms with Crippen molar-refractivity contribution in [2.75, 3.05) is 0 Å². The second-order valence-corrected chi connectivity index (χ2v) is 8.46. The Morgan fingerprint density at radius 2 is 1.91 bits per heavy atom. The molecule has 2 rings (SSSR count). The molecule has 1 aromatic heterocycles. The van der Waals surface area contributed by atoms with E-state index in [9.17, 15) is 13.2 Å². The number of thiophene rings is 1. The Labute approximate surface area is 142 Å². The molecule has 0 bridgehead atoms. The number of amides is 1. The van der Waals surface area contributed by atoms with Crippen molar-refractivity contribution in [1.82, 2.24) is 4.72 Å². The largest absolute Gasteiger partial charge is 0.368 e. The number of benzene rings is 1. The van der Waals surface area contributed by atoms with Gasteiger partial charge in [-0.15, -0.1) is 11.3 Å². The highest BCUT2D eigenvalue weighted by atomic mass is 35.5. The number of rotatable bonds is 6. The molecule has 3 N–H and O–H groups in total. The third kappa shape index (κ3) is 4.21. The van der Waals surface area contributed by atoms with Gasteiger partial charge in [-0.2, -0.15) is 4.72 Å². The summed E-state index contributed by atoms with van der Waals surface area (Å²) in [4.78, 5) is 11.5. The number of nitrogens with one attached hydrogen (secondary N) is 1. The molecule has 1 unspecified atom stereocenters. The molecule has 5 nitrogen and oxygen atoms in total. The van der Waals surface area contributed by atoms with Crippen LogP contribution in [0.15, 0.2) is 40.6 Å². The maximum Gasteiger partial charge on any atom is 0.250 e. The van der Waals surface area contributed by atoms with Crippen molar-refractivity contribution < 1.29 is 13.2 Å². The molecule has 22 heavy (non-hydrogen) atoms. The first-order valence-electron chi connectivity index (χ1n) is 6.10. The molecule has 0 aliphatic rings. The van der Waals surface area contributed by atoms with Gasteiger partial charge in [0.2, 0.25) is 5.91 Å². The lowest BCUT2D eigenvalue weighted by Crippen LogP contribution is -2.45. The SMILES string of the molecule is NC(=O)C(Cc1ccccc1)NS(=O)(=O)c1cc(Cl)c(Cl)s1. The standard InChI is InChI=1S/C13H12Cl2N2O3S2/c14-9-7-11(21-12(9)15)22(19,20)17-10(13(16)18)6-8-4-2-1-3-5-8/h1-5,7,10,17H,6H2,(H2,16,18). The van der Waals surface area contributed by atoms with E-state index in [0.717, 1.165) is 16.9 Å². The molecule has 1 aromatic carbocycles. The minimum absolute atomic E-state index is 0.0678. The van der Waals surface area contributed by atoms with Crippen molar-refractivity contribution in [1.29, 1.82) is 0 Å². The molecule has 0 spiro atoms. The van der Waals surface area contributed by atoms with E-state index in [1.807, 2.05) is 6.07 Å². The van der Waals surface area contributed by atoms with Crippen LogP contribution < -0.4 is 10.5 Å². The Morgan fingerprint density at radius 3 is 2.41 bits per heavy atom. The molecule has 1 heterocycles. The smallest absolute Gasteiger partial charge is 0.250 e. The van der Waals surface area contributed by atoms with Gasteiger partial charge in [0.25, 0.3) is 10.0 Å². The fraction of sp³-hybridized carbons (Fsp3) is 0.154. The molecule has 9 heteroatoms. The van der Waals surface area contributed by atoms with E-state index < -0.39 is 22.0 Å². The Morgan fingerprint density at radius 1 is 1.27 bits per heavy atom. The topological polar surface area (TPSA) is 89.3 Å². The van der Waals surface area contributed by atoms with E-state index in [0.29, 0.717) is 0 Å². The van der Waals surface area contributed by atoms with Crippen LogP contribution in [0.2, 0.25) is 9.36 Å². The molecule has 2 aromatic rings. The zero-order valence-corrected chi connectivity index (χ0v) is 14.3. The monoisotopic (exact) mass is 378 g/mol. The quantitative estimate of drug-likeness (QED) is 0.808. The summed E-state index contributed by atoms with van der Waals surface area (Å²) in [5, 5.41) is 0.144. The van der Waals surface area contributed by atoms with Crippen LogP contribution in [0.4, 0.5) is 0 Å². The average Bonchev–Trinajstić information content (AvgIpc) is 2.80. The summed E-state index contributed by atoms with van der Waals surface area (Å²) < 4.78 is 26.9. The van der Waals surface area contributed by atoms with E-state index in [2.05, 4.69) is 4.72 Å². The van der Waals surface area contributed by atoms with Crippen molar-refractivity contribution in [2.45, 2.75) is 16.7 Å². The summed E-state index contributed by atoms with van der Waals surface area (Å²) in [7, 11) is -3.93. The van der Waals surface area contributed by atoms with Crippen LogP contribution in [0.1, 0.15) is 5.56 Å². The van der Waals surface area contributed by atoms with Gasteiger partial charge in [-0.25, -0.2) is 8.42 Å². The fourth-order valence-electron chi connectivity index (χ4n) is 1.75. The van der Waals surface area contributed by atoms with Gasteiger partial charge in [0.15, 0.2) is 0 Å². The second kappa shape index (κ2) is 6.97. The van der Waals surface area contributed by atoms with Crippen molar-refractivity contribution in [3.05, 3.63) is 51.3 Å². The Balaban J connectivity index is 2.22. The highest BCUT2D eigenvalue weighted by molar-refractivity contribution is 7.91. The van der Waals surface area contributed by atoms with Gasteiger partial charge >= 0.3 is 0 Å². The molecule has 0 aliphatic heterocycles. The van der Waals surface area contributed by atoms with Crippen LogP contribution in [0.25, 0.3) is 0 Å². The van der Waals surface area contributed by atoms with Gasteiger partial charge in [-0.3, -0.25) is 4.79 Å². The van der Waals surface area contributed by atoms with E-state index in [1.165, 1.54) is 6.07 Å². The highest BCUT2D eigenvalue weighted by Gasteiger charge is 2.26. The molecule has 1 amide bonds. The fourth-order valence-corrected chi connectivity index (χ4v) is 4.86. The normalized spacial score (nSPS) is 13.0. The second-order valence-electron chi connectivity index (χ2n) is 4.45. The van der Waals surface area contributed by atoms with Crippen LogP contribution in [-0.4, -0.2) is 20.4 Å². The number of hydrogen-bond acceptors (Lipinski definition) is 4. The predicted molar refractivity (Wildman–Crippen MR) is 87.8 cm³/mol. The number of sulfonamides is 1. The Kier molecular flexibility index (Phi) is 5.46. The maximum absolute atomic E-state index is 12.3. The summed E-state index contributed by atoms with van der Waals surface area (Å²) in [5.41, 5.74) is 6.08. The van der Waals surface area contributed by atoms with Gasteiger partial charge in [-0.1, -0.05) is 53.5 Å². The number of hydrogen-bond donors (Lipinski definition) is 2. The molecular formula is C13H12Cl2N2O3S2. The van der Waals surface area contributed by atoms with Crippen LogP contribution >= 0.6 is 34.5 Å². The lowest BCUT2D eigenvalue weighted by Gasteiger charge is -2.15. The number of halogens is 2. The Hall–Kier alpha value is -1.12. The van der Waals surface area contributed by atoms with Crippen molar-refractivity contribution >= 4 is 50.5 Å². The van der Waals surface area contributed by atoms with Crippen LogP contribution in [-0.2, 0) is 21.2 Å². The van der Waals surface area contributed by atoms with Crippen LogP contribution in [0, 0.1) is 0 Å². The molecule has 0 saturated carbocycles. The minimum atomic E-state index is -3.93. The van der Waals surface area contributed by atoms with E-state index in [4.69, 9.17) is 28.9 Å². The lowest BCUT2D eigenvalue weighted by atomic mass is 10.1. The molecular weight excluding hydrogens is 367 g/mol. The van der Waals surface area contributed by atoms with Gasteiger partial charge in [0, 0.05) is 0 Å². The third-order valence-electron chi connectivity index (χ3n) is 2.81. The average molecular weight is 379 g/mol. The number of nitrogens with two attached hydrogens (primary N) is 1. The minimum Gasteiger partial charge on any atom is -0.368 e. The zero-order chi connectivity index (χ0) is 16.3. The van der Waals surface area contributed by atoms with Crippen molar-refractivity contribution in [2.24, 2.45) is 5.73 Å². The van der Waals surface area contributed by atoms with Crippen molar-refractivity contribution in [3.63, 3.8) is 0 Å². The number of carbonyl (C=O) groups excluding carboxylic acids is 1. The molecule has 0 fully saturated rings. The van der Waals surface area contributed by atoms with Crippen LogP contribution in [0.5, 0.6) is 0 Å². The molecule has 0 radical (unpaired) electrons. The number of carbonyl (C=O) groups is 1. The third-order valence-corrected chi connectivity index (χ3v) is 6.62. The summed E-state index contributed by atoms with van der Waals surface area (Å²) in [6.45, 7) is 0. The van der Waals surface area contributed by atoms with Gasteiger partial charge in [-0.05, 0) is 18.1 Å². The van der Waals surface area contributed by atoms with Gasteiger partial charge < -0.3 is 5.73 Å². The highest BCUT2D eigenvalue weighted by Crippen LogP contribution is 2.34. The number of primary amides is 1. The van der Waals surface area contributed by atoms with E-state index in [1.54, 1.807) is 24.3 Å². The summed E-state index contributed by atoms with van der Waals surface area (Å²) in [5.74, 6) is -0.763. The maximum atomic E-state index is 12.3. The first-order valence-corrected chi connectivity index (χ1v) is 9.15. The van der Waals surface area contributed by atoms with Crippen LogP contribution in [0.3, 0.4) is 0 Å². The van der Waals surface area contributed by atoms with E-state index >= 15 is 0 Å². The van der Waals surface area contributed by atoms with Crippen molar-refractivity contribution in [3.8, 4) is 0 Å². The zero-order valence-electron chi connectivity index (χ0n) is 11.1. The first kappa shape index (κ1) is 17.2. The molecule has 118 valence electrons. The molecule has 0 aliphatic carbocycles. The lowest BCUT2D eigenvalue weighted by molar-refractivity contribution is -0.119. The Bertz CT molecular complexity index is 756.